The van der Waals surface area contributed by atoms with Gasteiger partial charge in [0.15, 0.2) is 5.84 Å². The summed E-state index contributed by atoms with van der Waals surface area (Å²) in [5.41, 5.74) is 5.39. The predicted molar refractivity (Wildman–Crippen MR) is 66.8 cm³/mol. The van der Waals surface area contributed by atoms with E-state index < -0.39 is 5.92 Å². The van der Waals surface area contributed by atoms with E-state index in [1.54, 1.807) is 0 Å². The third-order valence-electron chi connectivity index (χ3n) is 3.58. The Morgan fingerprint density at radius 2 is 2.06 bits per heavy atom. The Bertz CT molecular complexity index is 296. The van der Waals surface area contributed by atoms with Gasteiger partial charge in [-0.1, -0.05) is 31.3 Å². The molecule has 1 aliphatic rings. The number of nitrogens with one attached hydrogen (secondary N) is 1. The molecular formula is C12H23N3O2. The summed E-state index contributed by atoms with van der Waals surface area (Å²) in [5, 5.41) is 14.6. The Balaban J connectivity index is 2.63. The van der Waals surface area contributed by atoms with Crippen molar-refractivity contribution < 1.29 is 10.0 Å². The zero-order valence-electron chi connectivity index (χ0n) is 10.7. The number of hydrogen-bond acceptors (Lipinski definition) is 3. The van der Waals surface area contributed by atoms with Crippen molar-refractivity contribution in [3.05, 3.63) is 0 Å². The van der Waals surface area contributed by atoms with E-state index in [1.165, 1.54) is 6.42 Å². The molecule has 1 fully saturated rings. The SMILES string of the molecule is CCC(C(=O)NC1(C)CCCCC1)C(N)=NO. The average molecular weight is 241 g/mol. The minimum atomic E-state index is -0.529. The maximum absolute atomic E-state index is 12.1. The van der Waals surface area contributed by atoms with Crippen LogP contribution in [0.5, 0.6) is 0 Å². The van der Waals surface area contributed by atoms with Gasteiger partial charge in [-0.3, -0.25) is 4.79 Å². The number of carbonyl (C=O) groups is 1. The number of amides is 1. The molecule has 0 radical (unpaired) electrons. The van der Waals surface area contributed by atoms with E-state index in [0.717, 1.165) is 25.7 Å². The fraction of sp³-hybridized carbons (Fsp3) is 0.833. The lowest BCUT2D eigenvalue weighted by Crippen LogP contribution is -2.51. The molecule has 0 heterocycles. The van der Waals surface area contributed by atoms with Crippen molar-refractivity contribution in [2.75, 3.05) is 0 Å². The molecule has 1 saturated carbocycles. The molecule has 0 spiro atoms. The number of carbonyl (C=O) groups excluding carboxylic acids is 1. The number of amidine groups is 1. The molecule has 5 nitrogen and oxygen atoms in total. The Morgan fingerprint density at radius 1 is 1.47 bits per heavy atom. The monoisotopic (exact) mass is 241 g/mol. The zero-order chi connectivity index (χ0) is 12.9. The first-order valence-electron chi connectivity index (χ1n) is 6.32. The largest absolute Gasteiger partial charge is 0.409 e. The quantitative estimate of drug-likeness (QED) is 0.302. The maximum atomic E-state index is 12.1. The van der Waals surface area contributed by atoms with Gasteiger partial charge in [-0.05, 0) is 26.2 Å². The van der Waals surface area contributed by atoms with E-state index in [-0.39, 0.29) is 17.3 Å². The van der Waals surface area contributed by atoms with E-state index in [0.29, 0.717) is 6.42 Å². The van der Waals surface area contributed by atoms with Crippen LogP contribution >= 0.6 is 0 Å². The second-order valence-electron chi connectivity index (χ2n) is 5.10. The first kappa shape index (κ1) is 13.8. The van der Waals surface area contributed by atoms with Crippen LogP contribution in [-0.2, 0) is 4.79 Å². The van der Waals surface area contributed by atoms with Crippen molar-refractivity contribution in [1.29, 1.82) is 0 Å². The minimum absolute atomic E-state index is 0.00981. The van der Waals surface area contributed by atoms with Crippen molar-refractivity contribution in [2.24, 2.45) is 16.8 Å². The van der Waals surface area contributed by atoms with Crippen molar-refractivity contribution in [1.82, 2.24) is 5.32 Å². The summed E-state index contributed by atoms with van der Waals surface area (Å²) in [5.74, 6) is -0.671. The van der Waals surface area contributed by atoms with Gasteiger partial charge in [0.1, 0.15) is 0 Å². The molecule has 5 heteroatoms. The normalized spacial score (nSPS) is 21.9. The van der Waals surface area contributed by atoms with E-state index in [2.05, 4.69) is 17.4 Å². The molecule has 0 aromatic rings. The summed E-state index contributed by atoms with van der Waals surface area (Å²) < 4.78 is 0. The standard InChI is InChI=1S/C12H23N3O2/c1-3-9(10(13)15-17)11(16)14-12(2)7-5-4-6-8-12/h9,17H,3-8H2,1-2H3,(H2,13,15)(H,14,16). The summed E-state index contributed by atoms with van der Waals surface area (Å²) >= 11 is 0. The molecule has 0 aromatic carbocycles. The van der Waals surface area contributed by atoms with Gasteiger partial charge < -0.3 is 16.3 Å². The van der Waals surface area contributed by atoms with Crippen molar-refractivity contribution in [3.63, 3.8) is 0 Å². The van der Waals surface area contributed by atoms with E-state index in [4.69, 9.17) is 10.9 Å². The molecule has 1 unspecified atom stereocenters. The van der Waals surface area contributed by atoms with Crippen LogP contribution in [-0.4, -0.2) is 22.5 Å². The fourth-order valence-corrected chi connectivity index (χ4v) is 2.44. The van der Waals surface area contributed by atoms with Crippen LogP contribution in [0.4, 0.5) is 0 Å². The third-order valence-corrected chi connectivity index (χ3v) is 3.58. The molecule has 0 aromatic heterocycles. The van der Waals surface area contributed by atoms with Crippen LogP contribution in [0.2, 0.25) is 0 Å². The Labute approximate surface area is 102 Å². The Morgan fingerprint density at radius 3 is 2.53 bits per heavy atom. The van der Waals surface area contributed by atoms with Crippen LogP contribution in [0.3, 0.4) is 0 Å². The van der Waals surface area contributed by atoms with Gasteiger partial charge in [0, 0.05) is 5.54 Å². The van der Waals surface area contributed by atoms with Crippen molar-refractivity contribution >= 4 is 11.7 Å². The molecule has 0 bridgehead atoms. The summed E-state index contributed by atoms with van der Waals surface area (Å²) in [4.78, 5) is 12.1. The second-order valence-corrected chi connectivity index (χ2v) is 5.10. The smallest absolute Gasteiger partial charge is 0.231 e. The van der Waals surface area contributed by atoms with E-state index >= 15 is 0 Å². The average Bonchev–Trinajstić information content (AvgIpc) is 2.29. The molecule has 0 aliphatic heterocycles. The van der Waals surface area contributed by atoms with Crippen LogP contribution in [0, 0.1) is 5.92 Å². The number of hydrogen-bond donors (Lipinski definition) is 3. The highest BCUT2D eigenvalue weighted by Gasteiger charge is 2.31. The fourth-order valence-electron chi connectivity index (χ4n) is 2.44. The lowest BCUT2D eigenvalue weighted by Gasteiger charge is -2.35. The maximum Gasteiger partial charge on any atom is 0.231 e. The summed E-state index contributed by atoms with van der Waals surface area (Å²) in [6, 6.07) is 0. The van der Waals surface area contributed by atoms with Crippen LogP contribution in [0.25, 0.3) is 0 Å². The zero-order valence-corrected chi connectivity index (χ0v) is 10.7. The van der Waals surface area contributed by atoms with Crippen molar-refractivity contribution in [3.8, 4) is 0 Å². The van der Waals surface area contributed by atoms with Gasteiger partial charge in [0.05, 0.1) is 5.92 Å². The number of nitrogens with zero attached hydrogens (tertiary/aromatic N) is 1. The molecule has 1 amide bonds. The minimum Gasteiger partial charge on any atom is -0.409 e. The molecular weight excluding hydrogens is 218 g/mol. The molecule has 17 heavy (non-hydrogen) atoms. The van der Waals surface area contributed by atoms with E-state index in [1.807, 2.05) is 6.92 Å². The van der Waals surface area contributed by atoms with Gasteiger partial charge in [-0.2, -0.15) is 0 Å². The molecule has 1 rings (SSSR count). The number of nitrogens with two attached hydrogens (primary N) is 1. The number of rotatable bonds is 4. The van der Waals surface area contributed by atoms with Crippen LogP contribution < -0.4 is 11.1 Å². The topological polar surface area (TPSA) is 87.7 Å². The van der Waals surface area contributed by atoms with Crippen LogP contribution in [0.1, 0.15) is 52.4 Å². The Kier molecular flexibility index (Phi) is 4.78. The molecule has 4 N–H and O–H groups in total. The van der Waals surface area contributed by atoms with Gasteiger partial charge in [-0.25, -0.2) is 0 Å². The Hall–Kier alpha value is -1.26. The second kappa shape index (κ2) is 5.89. The van der Waals surface area contributed by atoms with Gasteiger partial charge in [-0.15, -0.1) is 0 Å². The summed E-state index contributed by atoms with van der Waals surface area (Å²) in [6.07, 6.45) is 6.09. The first-order chi connectivity index (χ1) is 8.02. The molecule has 1 aliphatic carbocycles. The van der Waals surface area contributed by atoms with Gasteiger partial charge in [0.25, 0.3) is 0 Å². The molecule has 0 saturated heterocycles. The number of oxime groups is 1. The lowest BCUT2D eigenvalue weighted by molar-refractivity contribution is -0.125. The van der Waals surface area contributed by atoms with Gasteiger partial charge >= 0.3 is 0 Å². The third kappa shape index (κ3) is 3.61. The molecule has 1 atom stereocenters. The lowest BCUT2D eigenvalue weighted by atomic mass is 9.83. The van der Waals surface area contributed by atoms with Gasteiger partial charge in [0.2, 0.25) is 5.91 Å². The summed E-state index contributed by atoms with van der Waals surface area (Å²) in [7, 11) is 0. The first-order valence-corrected chi connectivity index (χ1v) is 6.32. The van der Waals surface area contributed by atoms with E-state index in [9.17, 15) is 4.79 Å². The van der Waals surface area contributed by atoms with Crippen LogP contribution in [0.15, 0.2) is 5.16 Å². The highest BCUT2D eigenvalue weighted by molar-refractivity contribution is 6.02. The molecule has 98 valence electrons. The highest BCUT2D eigenvalue weighted by atomic mass is 16.4. The summed E-state index contributed by atoms with van der Waals surface area (Å²) in [6.45, 7) is 3.93. The van der Waals surface area contributed by atoms with Crippen molar-refractivity contribution in [2.45, 2.75) is 57.9 Å². The highest BCUT2D eigenvalue weighted by Crippen LogP contribution is 2.27. The predicted octanol–water partition coefficient (Wildman–Crippen LogP) is 1.60.